The molecule has 148 valence electrons. The molecule has 0 amide bonds. The van der Waals surface area contributed by atoms with E-state index < -0.39 is 0 Å². The van der Waals surface area contributed by atoms with Gasteiger partial charge in [0.15, 0.2) is 11.6 Å². The summed E-state index contributed by atoms with van der Waals surface area (Å²) in [6.45, 7) is 1.96. The fraction of sp³-hybridized carbons (Fsp3) is 0.0417. The predicted octanol–water partition coefficient (Wildman–Crippen LogP) is 7.17. The minimum Gasteiger partial charge on any atom is -0.261 e. The molecule has 0 aliphatic rings. The maximum absolute atomic E-state index is 4.78. The number of aromatic nitrogens is 2. The summed E-state index contributed by atoms with van der Waals surface area (Å²) in [5.74, 6) is 1.28. The molecule has 6 heteroatoms. The van der Waals surface area contributed by atoms with E-state index in [1.54, 1.807) is 0 Å². The minimum atomic E-state index is 0.637. The number of benzene rings is 3. The van der Waals surface area contributed by atoms with Gasteiger partial charge in [0.25, 0.3) is 0 Å². The Morgan fingerprint density at radius 2 is 1.40 bits per heavy atom. The van der Waals surface area contributed by atoms with Crippen molar-refractivity contribution in [3.8, 4) is 22.6 Å². The Balaban J connectivity index is 1.71. The van der Waals surface area contributed by atoms with Gasteiger partial charge in [0.2, 0.25) is 0 Å². The van der Waals surface area contributed by atoms with Crippen molar-refractivity contribution in [2.24, 2.45) is 5.10 Å². The average molecular weight is 522 g/mol. The van der Waals surface area contributed by atoms with E-state index >= 15 is 0 Å². The molecule has 0 spiro atoms. The van der Waals surface area contributed by atoms with Gasteiger partial charge >= 0.3 is 0 Å². The summed E-state index contributed by atoms with van der Waals surface area (Å²) in [6, 6.07) is 28.0. The molecule has 4 nitrogen and oxygen atoms in total. The van der Waals surface area contributed by atoms with E-state index in [1.807, 2.05) is 91.9 Å². The zero-order chi connectivity index (χ0) is 20.9. The highest BCUT2D eigenvalue weighted by Crippen LogP contribution is 2.25. The molecule has 4 rings (SSSR count). The summed E-state index contributed by atoms with van der Waals surface area (Å²) < 4.78 is 2.05. The number of hydrazone groups is 1. The Morgan fingerprint density at radius 1 is 0.767 bits per heavy atom. The first-order valence-electron chi connectivity index (χ1n) is 9.35. The van der Waals surface area contributed by atoms with Crippen molar-refractivity contribution in [1.29, 1.82) is 0 Å². The lowest BCUT2D eigenvalue weighted by Crippen LogP contribution is -2.03. The number of rotatable bonds is 5. The minimum absolute atomic E-state index is 0.637. The molecule has 1 heterocycles. The Kier molecular flexibility index (Phi) is 6.35. The first-order valence-corrected chi connectivity index (χ1v) is 10.9. The largest absolute Gasteiger partial charge is 0.261 e. The summed E-state index contributed by atoms with van der Waals surface area (Å²) >= 11 is 6.94. The smallest absolute Gasteiger partial charge is 0.162 e. The highest BCUT2D eigenvalue weighted by Gasteiger charge is 2.09. The third kappa shape index (κ3) is 5.01. The van der Waals surface area contributed by atoms with Gasteiger partial charge in [-0.1, -0.05) is 86.5 Å². The number of nitrogens with zero attached hydrogens (tertiary/aromatic N) is 3. The monoisotopic (exact) mass is 520 g/mol. The first-order chi connectivity index (χ1) is 14.6. The molecule has 0 aliphatic heterocycles. The predicted molar refractivity (Wildman–Crippen MR) is 131 cm³/mol. The SMILES string of the molecule is C/C(=N\Nc1cc(-c2ccccc2)nc(-c2ccc(Br)cc2)n1)c1ccc(Br)cc1. The Labute approximate surface area is 192 Å². The van der Waals surface area contributed by atoms with Crippen molar-refractivity contribution in [1.82, 2.24) is 9.97 Å². The molecule has 0 unspecified atom stereocenters. The van der Waals surface area contributed by atoms with Gasteiger partial charge in [-0.3, -0.25) is 5.43 Å². The van der Waals surface area contributed by atoms with Crippen LogP contribution in [-0.4, -0.2) is 15.7 Å². The molecule has 0 bridgehead atoms. The molecule has 0 saturated heterocycles. The molecule has 0 radical (unpaired) electrons. The van der Waals surface area contributed by atoms with Crippen molar-refractivity contribution >= 4 is 43.4 Å². The fourth-order valence-corrected chi connectivity index (χ4v) is 3.41. The van der Waals surface area contributed by atoms with E-state index in [9.17, 15) is 0 Å². The summed E-state index contributed by atoms with van der Waals surface area (Å²) in [4.78, 5) is 9.46. The van der Waals surface area contributed by atoms with Crippen LogP contribution in [0.25, 0.3) is 22.6 Å². The maximum atomic E-state index is 4.78. The van der Waals surface area contributed by atoms with Gasteiger partial charge in [-0.2, -0.15) is 5.10 Å². The molecule has 1 N–H and O–H groups in total. The van der Waals surface area contributed by atoms with Crippen LogP contribution in [0.4, 0.5) is 5.82 Å². The summed E-state index contributed by atoms with van der Waals surface area (Å²) in [7, 11) is 0. The second-order valence-corrected chi connectivity index (χ2v) is 8.48. The molecule has 3 aromatic carbocycles. The lowest BCUT2D eigenvalue weighted by Gasteiger charge is -2.09. The topological polar surface area (TPSA) is 50.2 Å². The standard InChI is InChI=1S/C24H18Br2N4/c1-16(17-7-11-20(25)12-8-17)29-30-23-15-22(18-5-3-2-4-6-18)27-24(28-23)19-9-13-21(26)14-10-19/h2-15H,1H3,(H,27,28,30)/b29-16+. The second kappa shape index (κ2) is 9.32. The van der Waals surface area contributed by atoms with Crippen LogP contribution in [0.3, 0.4) is 0 Å². The molecule has 0 aliphatic carbocycles. The molecule has 0 saturated carbocycles. The Morgan fingerprint density at radius 3 is 2.07 bits per heavy atom. The molecule has 1 aromatic heterocycles. The molecule has 30 heavy (non-hydrogen) atoms. The van der Waals surface area contributed by atoms with Crippen LogP contribution in [-0.2, 0) is 0 Å². The average Bonchev–Trinajstić information content (AvgIpc) is 2.79. The van der Waals surface area contributed by atoms with Gasteiger partial charge in [0.1, 0.15) is 0 Å². The number of anilines is 1. The number of halogens is 2. The van der Waals surface area contributed by atoms with Crippen LogP contribution < -0.4 is 5.43 Å². The highest BCUT2D eigenvalue weighted by atomic mass is 79.9. The first kappa shape index (κ1) is 20.4. The van der Waals surface area contributed by atoms with Crippen molar-refractivity contribution in [3.05, 3.63) is 99.4 Å². The van der Waals surface area contributed by atoms with Crippen LogP contribution in [0.15, 0.2) is 99.0 Å². The summed E-state index contributed by atoms with van der Waals surface area (Å²) in [5, 5.41) is 4.53. The zero-order valence-electron chi connectivity index (χ0n) is 16.2. The normalized spacial score (nSPS) is 11.4. The van der Waals surface area contributed by atoms with E-state index in [1.165, 1.54) is 0 Å². The van der Waals surface area contributed by atoms with Crippen LogP contribution in [0, 0.1) is 0 Å². The van der Waals surface area contributed by atoms with Crippen molar-refractivity contribution in [2.75, 3.05) is 5.43 Å². The van der Waals surface area contributed by atoms with E-state index in [0.29, 0.717) is 11.6 Å². The van der Waals surface area contributed by atoms with E-state index in [-0.39, 0.29) is 0 Å². The van der Waals surface area contributed by atoms with Gasteiger partial charge in [0, 0.05) is 26.1 Å². The number of hydrogen-bond acceptors (Lipinski definition) is 4. The fourth-order valence-electron chi connectivity index (χ4n) is 2.89. The zero-order valence-corrected chi connectivity index (χ0v) is 19.4. The van der Waals surface area contributed by atoms with Crippen LogP contribution in [0.5, 0.6) is 0 Å². The van der Waals surface area contributed by atoms with Gasteiger partial charge < -0.3 is 0 Å². The van der Waals surface area contributed by atoms with Gasteiger partial charge in [-0.15, -0.1) is 0 Å². The number of hydrogen-bond donors (Lipinski definition) is 1. The molecule has 0 atom stereocenters. The van der Waals surface area contributed by atoms with Crippen LogP contribution >= 0.6 is 31.9 Å². The molecular weight excluding hydrogens is 504 g/mol. The van der Waals surface area contributed by atoms with Gasteiger partial charge in [-0.25, -0.2) is 9.97 Å². The van der Waals surface area contributed by atoms with Crippen LogP contribution in [0.1, 0.15) is 12.5 Å². The highest BCUT2D eigenvalue weighted by molar-refractivity contribution is 9.10. The maximum Gasteiger partial charge on any atom is 0.162 e. The van der Waals surface area contributed by atoms with Crippen LogP contribution in [0.2, 0.25) is 0 Å². The molecule has 4 aromatic rings. The number of nitrogens with one attached hydrogen (secondary N) is 1. The summed E-state index contributed by atoms with van der Waals surface area (Å²) in [5.41, 5.74) is 7.81. The Bertz CT molecular complexity index is 1170. The van der Waals surface area contributed by atoms with Crippen molar-refractivity contribution < 1.29 is 0 Å². The van der Waals surface area contributed by atoms with E-state index in [2.05, 4.69) is 47.4 Å². The third-order valence-electron chi connectivity index (χ3n) is 4.50. The van der Waals surface area contributed by atoms with Gasteiger partial charge in [-0.05, 0) is 36.8 Å². The Hall–Kier alpha value is -2.83. The quantitative estimate of drug-likeness (QED) is 0.223. The van der Waals surface area contributed by atoms with E-state index in [4.69, 9.17) is 4.98 Å². The molecular formula is C24H18Br2N4. The summed E-state index contributed by atoms with van der Waals surface area (Å²) in [6.07, 6.45) is 0. The van der Waals surface area contributed by atoms with E-state index in [0.717, 1.165) is 37.0 Å². The lowest BCUT2D eigenvalue weighted by atomic mass is 10.1. The third-order valence-corrected chi connectivity index (χ3v) is 5.56. The second-order valence-electron chi connectivity index (χ2n) is 6.65. The molecule has 0 fully saturated rings. The van der Waals surface area contributed by atoms with Crippen molar-refractivity contribution in [3.63, 3.8) is 0 Å². The van der Waals surface area contributed by atoms with Crippen molar-refractivity contribution in [2.45, 2.75) is 6.92 Å². The lowest BCUT2D eigenvalue weighted by molar-refractivity contribution is 1.15. The van der Waals surface area contributed by atoms with Gasteiger partial charge in [0.05, 0.1) is 11.4 Å².